The van der Waals surface area contributed by atoms with Crippen LogP contribution in [0.2, 0.25) is 0 Å². The first-order valence-corrected chi connectivity index (χ1v) is 5.51. The van der Waals surface area contributed by atoms with E-state index in [9.17, 15) is 14.4 Å². The summed E-state index contributed by atoms with van der Waals surface area (Å²) in [6.45, 7) is 2.23. The number of carbonyl (C=O) groups is 3. The first-order valence-electron chi connectivity index (χ1n) is 5.51. The topological polar surface area (TPSA) is 78.5 Å². The van der Waals surface area contributed by atoms with Crippen LogP contribution in [-0.2, 0) is 14.4 Å². The van der Waals surface area contributed by atoms with Gasteiger partial charge in [0.2, 0.25) is 17.7 Å². The van der Waals surface area contributed by atoms with Gasteiger partial charge in [0.1, 0.15) is 0 Å². The van der Waals surface area contributed by atoms with Crippen molar-refractivity contribution in [2.45, 2.75) is 0 Å². The maximum absolute atomic E-state index is 11.9. The van der Waals surface area contributed by atoms with Crippen molar-refractivity contribution in [1.82, 2.24) is 15.5 Å². The predicted octanol–water partition coefficient (Wildman–Crippen LogP) is -2.06. The van der Waals surface area contributed by atoms with Crippen LogP contribution in [0.25, 0.3) is 0 Å². The third kappa shape index (κ3) is 1.26. The van der Waals surface area contributed by atoms with E-state index in [1.807, 2.05) is 0 Å². The van der Waals surface area contributed by atoms with Gasteiger partial charge in [0.15, 0.2) is 0 Å². The maximum atomic E-state index is 11.9. The predicted molar refractivity (Wildman–Crippen MR) is 53.1 cm³/mol. The fraction of sp³-hybridized carbons (Fsp3) is 0.700. The van der Waals surface area contributed by atoms with Crippen LogP contribution in [0.3, 0.4) is 0 Å². The standard InChI is InChI=1S/C10H13N3O3/c14-8-6-3-13(4-7(6)9(15)12-8)10(16)5-1-11-2-5/h5-7,11H,1-4H2,(H,12,14,15)/t6-,7-/m1/s1. The smallest absolute Gasteiger partial charge is 0.232 e. The Morgan fingerprint density at radius 2 is 1.69 bits per heavy atom. The summed E-state index contributed by atoms with van der Waals surface area (Å²) in [4.78, 5) is 36.4. The van der Waals surface area contributed by atoms with Gasteiger partial charge < -0.3 is 10.2 Å². The summed E-state index contributed by atoms with van der Waals surface area (Å²) in [5.41, 5.74) is 0. The summed E-state index contributed by atoms with van der Waals surface area (Å²) >= 11 is 0. The van der Waals surface area contributed by atoms with Gasteiger partial charge in [-0.05, 0) is 0 Å². The molecule has 0 radical (unpaired) electrons. The van der Waals surface area contributed by atoms with E-state index in [1.165, 1.54) is 0 Å². The Bertz CT molecular complexity index is 356. The Hall–Kier alpha value is -1.43. The number of imide groups is 1. The summed E-state index contributed by atoms with van der Waals surface area (Å²) in [5.74, 6) is -0.964. The van der Waals surface area contributed by atoms with E-state index >= 15 is 0 Å². The van der Waals surface area contributed by atoms with Crippen LogP contribution >= 0.6 is 0 Å². The molecule has 0 saturated carbocycles. The molecule has 0 aromatic heterocycles. The van der Waals surface area contributed by atoms with Crippen LogP contribution in [0.15, 0.2) is 0 Å². The van der Waals surface area contributed by atoms with Gasteiger partial charge in [-0.25, -0.2) is 0 Å². The average molecular weight is 223 g/mol. The summed E-state index contributed by atoms with van der Waals surface area (Å²) < 4.78 is 0. The highest BCUT2D eigenvalue weighted by Gasteiger charge is 2.49. The molecule has 86 valence electrons. The van der Waals surface area contributed by atoms with Crippen molar-refractivity contribution in [3.8, 4) is 0 Å². The molecular weight excluding hydrogens is 210 g/mol. The number of hydrogen-bond acceptors (Lipinski definition) is 4. The highest BCUT2D eigenvalue weighted by molar-refractivity contribution is 6.06. The Balaban J connectivity index is 1.71. The van der Waals surface area contributed by atoms with Gasteiger partial charge in [0.05, 0.1) is 17.8 Å². The van der Waals surface area contributed by atoms with E-state index in [2.05, 4.69) is 10.6 Å². The van der Waals surface area contributed by atoms with Crippen molar-refractivity contribution < 1.29 is 14.4 Å². The molecular formula is C10H13N3O3. The second-order valence-corrected chi connectivity index (χ2v) is 4.66. The molecule has 6 heteroatoms. The van der Waals surface area contributed by atoms with Crippen LogP contribution in [0.5, 0.6) is 0 Å². The molecule has 3 saturated heterocycles. The van der Waals surface area contributed by atoms with Crippen molar-refractivity contribution in [3.63, 3.8) is 0 Å². The first kappa shape index (κ1) is 9.77. The number of rotatable bonds is 1. The number of fused-ring (bicyclic) bond motifs is 1. The normalized spacial score (nSPS) is 33.6. The van der Waals surface area contributed by atoms with Crippen molar-refractivity contribution in [2.24, 2.45) is 17.8 Å². The Kier molecular flexibility index (Phi) is 2.00. The summed E-state index contributed by atoms with van der Waals surface area (Å²) in [6, 6.07) is 0. The van der Waals surface area contributed by atoms with Gasteiger partial charge in [-0.15, -0.1) is 0 Å². The van der Waals surface area contributed by atoms with E-state index in [4.69, 9.17) is 0 Å². The molecule has 3 aliphatic heterocycles. The van der Waals surface area contributed by atoms with E-state index in [1.54, 1.807) is 4.90 Å². The fourth-order valence-corrected chi connectivity index (χ4v) is 2.54. The number of amides is 3. The quantitative estimate of drug-likeness (QED) is 0.501. The van der Waals surface area contributed by atoms with Gasteiger partial charge in [-0.3, -0.25) is 19.7 Å². The fourth-order valence-electron chi connectivity index (χ4n) is 2.54. The van der Waals surface area contributed by atoms with Crippen molar-refractivity contribution in [1.29, 1.82) is 0 Å². The maximum Gasteiger partial charge on any atom is 0.232 e. The molecule has 2 atom stereocenters. The van der Waals surface area contributed by atoms with Gasteiger partial charge in [0, 0.05) is 26.2 Å². The van der Waals surface area contributed by atoms with Gasteiger partial charge in [-0.1, -0.05) is 0 Å². The van der Waals surface area contributed by atoms with Gasteiger partial charge in [-0.2, -0.15) is 0 Å². The third-order valence-electron chi connectivity index (χ3n) is 3.68. The molecule has 0 bridgehead atoms. The van der Waals surface area contributed by atoms with Crippen molar-refractivity contribution >= 4 is 17.7 Å². The summed E-state index contributed by atoms with van der Waals surface area (Å²) in [6.07, 6.45) is 0. The van der Waals surface area contributed by atoms with Crippen LogP contribution in [0.1, 0.15) is 0 Å². The Labute approximate surface area is 92.4 Å². The molecule has 3 aliphatic rings. The molecule has 0 aromatic carbocycles. The molecule has 6 nitrogen and oxygen atoms in total. The van der Waals surface area contributed by atoms with Crippen LogP contribution in [0.4, 0.5) is 0 Å². The summed E-state index contributed by atoms with van der Waals surface area (Å²) in [7, 11) is 0. The lowest BCUT2D eigenvalue weighted by Crippen LogP contribution is -2.52. The lowest BCUT2D eigenvalue weighted by molar-refractivity contribution is -0.136. The molecule has 2 N–H and O–H groups in total. The molecule has 3 fully saturated rings. The summed E-state index contributed by atoms with van der Waals surface area (Å²) in [5, 5.41) is 5.35. The van der Waals surface area contributed by atoms with E-state index in [0.717, 1.165) is 0 Å². The Morgan fingerprint density at radius 1 is 1.12 bits per heavy atom. The number of nitrogens with one attached hydrogen (secondary N) is 2. The number of nitrogens with zero attached hydrogens (tertiary/aromatic N) is 1. The minimum Gasteiger partial charge on any atom is -0.341 e. The monoisotopic (exact) mass is 223 g/mol. The molecule has 3 heterocycles. The second-order valence-electron chi connectivity index (χ2n) is 4.66. The average Bonchev–Trinajstić information content (AvgIpc) is 2.67. The molecule has 0 spiro atoms. The highest BCUT2D eigenvalue weighted by atomic mass is 16.2. The van der Waals surface area contributed by atoms with Crippen LogP contribution in [-0.4, -0.2) is 48.8 Å². The highest BCUT2D eigenvalue weighted by Crippen LogP contribution is 2.29. The lowest BCUT2D eigenvalue weighted by Gasteiger charge is -2.30. The minimum absolute atomic E-state index is 0.0389. The molecule has 0 unspecified atom stereocenters. The van der Waals surface area contributed by atoms with Gasteiger partial charge in [0.25, 0.3) is 0 Å². The van der Waals surface area contributed by atoms with Crippen LogP contribution in [0, 0.1) is 17.8 Å². The first-order chi connectivity index (χ1) is 7.66. The van der Waals surface area contributed by atoms with Crippen LogP contribution < -0.4 is 10.6 Å². The Morgan fingerprint density at radius 3 is 2.12 bits per heavy atom. The molecule has 0 aliphatic carbocycles. The van der Waals surface area contributed by atoms with Crippen molar-refractivity contribution in [3.05, 3.63) is 0 Å². The molecule has 3 rings (SSSR count). The van der Waals surface area contributed by atoms with E-state index in [0.29, 0.717) is 26.2 Å². The van der Waals surface area contributed by atoms with E-state index < -0.39 is 0 Å². The third-order valence-corrected chi connectivity index (χ3v) is 3.68. The zero-order chi connectivity index (χ0) is 11.3. The number of hydrogen-bond donors (Lipinski definition) is 2. The largest absolute Gasteiger partial charge is 0.341 e. The lowest BCUT2D eigenvalue weighted by atomic mass is 10.00. The van der Waals surface area contributed by atoms with E-state index in [-0.39, 0.29) is 35.5 Å². The van der Waals surface area contributed by atoms with Gasteiger partial charge >= 0.3 is 0 Å². The second kappa shape index (κ2) is 3.28. The zero-order valence-electron chi connectivity index (χ0n) is 8.73. The molecule has 16 heavy (non-hydrogen) atoms. The number of likely N-dealkylation sites (tertiary alicyclic amines) is 1. The van der Waals surface area contributed by atoms with Crippen molar-refractivity contribution in [2.75, 3.05) is 26.2 Å². The zero-order valence-corrected chi connectivity index (χ0v) is 8.73. The number of carbonyl (C=O) groups excluding carboxylic acids is 3. The minimum atomic E-state index is -0.315. The molecule has 3 amide bonds. The SMILES string of the molecule is O=C1NC(=O)[C@@H]2CN(C(=O)C3CNC3)C[C@@H]12. The molecule has 0 aromatic rings.